The first-order chi connectivity index (χ1) is 6.11. The van der Waals surface area contributed by atoms with E-state index in [1.165, 1.54) is 0 Å². The van der Waals surface area contributed by atoms with Crippen LogP contribution in [0.2, 0.25) is 0 Å². The molecular formula is C6H10O7S. The maximum atomic E-state index is 10.7. The fraction of sp³-hybridized carbons (Fsp3) is 0.667. The molecule has 0 saturated carbocycles. The molecule has 0 aliphatic carbocycles. The van der Waals surface area contributed by atoms with E-state index in [2.05, 4.69) is 0 Å². The van der Waals surface area contributed by atoms with Gasteiger partial charge in [-0.1, -0.05) is 0 Å². The summed E-state index contributed by atoms with van der Waals surface area (Å²) in [6, 6.07) is 0. The van der Waals surface area contributed by atoms with Crippen LogP contribution in [0.25, 0.3) is 0 Å². The normalized spacial score (nSPS) is 15.9. The molecule has 0 aliphatic heterocycles. The minimum Gasteiger partial charge on any atom is -0.481 e. The van der Waals surface area contributed by atoms with Crippen molar-refractivity contribution in [3.8, 4) is 0 Å². The van der Waals surface area contributed by atoms with Gasteiger partial charge in [0.25, 0.3) is 10.1 Å². The third-order valence-corrected chi connectivity index (χ3v) is 3.36. The van der Waals surface area contributed by atoms with Gasteiger partial charge in [0.15, 0.2) is 4.75 Å². The van der Waals surface area contributed by atoms with Crippen LogP contribution in [0.5, 0.6) is 0 Å². The van der Waals surface area contributed by atoms with E-state index in [0.717, 1.165) is 6.92 Å². The lowest BCUT2D eigenvalue weighted by atomic mass is 10.1. The molecule has 0 amide bonds. The summed E-state index contributed by atoms with van der Waals surface area (Å²) in [5, 5.41) is 16.8. The molecule has 0 saturated heterocycles. The highest BCUT2D eigenvalue weighted by atomic mass is 32.2. The first kappa shape index (κ1) is 12.8. The molecule has 7 nitrogen and oxygen atoms in total. The summed E-state index contributed by atoms with van der Waals surface area (Å²) in [5.41, 5.74) is 0. The van der Waals surface area contributed by atoms with Gasteiger partial charge in [-0.15, -0.1) is 0 Å². The Morgan fingerprint density at radius 2 is 1.71 bits per heavy atom. The molecule has 0 spiro atoms. The molecule has 0 fully saturated rings. The van der Waals surface area contributed by atoms with Gasteiger partial charge in [-0.2, -0.15) is 8.42 Å². The fourth-order valence-corrected chi connectivity index (χ4v) is 1.27. The van der Waals surface area contributed by atoms with Gasteiger partial charge in [-0.05, 0) is 13.3 Å². The van der Waals surface area contributed by atoms with E-state index in [4.69, 9.17) is 14.8 Å². The highest BCUT2D eigenvalue weighted by Gasteiger charge is 2.45. The van der Waals surface area contributed by atoms with E-state index < -0.39 is 39.6 Å². The SMILES string of the molecule is CC(CCC(=O)O)(C(=O)O)S(=O)(=O)O. The monoisotopic (exact) mass is 226 g/mol. The average Bonchev–Trinajstić information content (AvgIpc) is 1.97. The van der Waals surface area contributed by atoms with Crippen LogP contribution in [0, 0.1) is 0 Å². The van der Waals surface area contributed by atoms with E-state index in [-0.39, 0.29) is 0 Å². The minimum absolute atomic E-state index is 0.650. The Kier molecular flexibility index (Phi) is 3.60. The number of carbonyl (C=O) groups is 2. The van der Waals surface area contributed by atoms with E-state index in [1.807, 2.05) is 0 Å². The molecule has 0 rings (SSSR count). The number of carboxylic acid groups (broad SMARTS) is 2. The van der Waals surface area contributed by atoms with Crippen molar-refractivity contribution in [2.24, 2.45) is 0 Å². The molecule has 14 heavy (non-hydrogen) atoms. The van der Waals surface area contributed by atoms with Crippen LogP contribution in [-0.4, -0.2) is 39.9 Å². The van der Waals surface area contributed by atoms with Gasteiger partial charge in [0.1, 0.15) is 0 Å². The van der Waals surface area contributed by atoms with Crippen molar-refractivity contribution in [3.63, 3.8) is 0 Å². The summed E-state index contributed by atoms with van der Waals surface area (Å²) in [7, 11) is -4.82. The largest absolute Gasteiger partial charge is 0.481 e. The molecule has 1 atom stereocenters. The first-order valence-electron chi connectivity index (χ1n) is 3.53. The molecule has 3 N–H and O–H groups in total. The van der Waals surface area contributed by atoms with Crippen molar-refractivity contribution in [1.29, 1.82) is 0 Å². The molecule has 8 heteroatoms. The van der Waals surface area contributed by atoms with E-state index in [9.17, 15) is 18.0 Å². The summed E-state index contributed by atoms with van der Waals surface area (Å²) < 4.78 is 27.5. The molecular weight excluding hydrogens is 216 g/mol. The lowest BCUT2D eigenvalue weighted by Crippen LogP contribution is -2.43. The number of aliphatic carboxylic acids is 2. The van der Waals surface area contributed by atoms with Gasteiger partial charge in [0.2, 0.25) is 0 Å². The molecule has 82 valence electrons. The maximum absolute atomic E-state index is 10.7. The predicted molar refractivity (Wildman–Crippen MR) is 44.5 cm³/mol. The highest BCUT2D eigenvalue weighted by Crippen LogP contribution is 2.22. The van der Waals surface area contributed by atoms with Gasteiger partial charge in [-0.3, -0.25) is 14.1 Å². The van der Waals surface area contributed by atoms with Crippen LogP contribution in [0.3, 0.4) is 0 Å². The zero-order chi connectivity index (χ0) is 11.6. The van der Waals surface area contributed by atoms with E-state index >= 15 is 0 Å². The Labute approximate surface area is 80.1 Å². The Morgan fingerprint density at radius 1 is 1.29 bits per heavy atom. The summed E-state index contributed by atoms with van der Waals surface area (Å²) in [6.07, 6.45) is -1.33. The molecule has 0 bridgehead atoms. The van der Waals surface area contributed by atoms with Crippen LogP contribution in [0.15, 0.2) is 0 Å². The smallest absolute Gasteiger partial charge is 0.327 e. The Bertz CT molecular complexity index is 343. The summed E-state index contributed by atoms with van der Waals surface area (Å²) in [4.78, 5) is 20.7. The molecule has 0 heterocycles. The van der Waals surface area contributed by atoms with Gasteiger partial charge >= 0.3 is 11.9 Å². The number of carboxylic acids is 2. The first-order valence-corrected chi connectivity index (χ1v) is 4.97. The quantitative estimate of drug-likeness (QED) is 0.543. The molecule has 0 aliphatic rings. The number of hydrogen-bond acceptors (Lipinski definition) is 4. The third-order valence-electron chi connectivity index (χ3n) is 1.84. The highest BCUT2D eigenvalue weighted by molar-refractivity contribution is 7.88. The van der Waals surface area contributed by atoms with Gasteiger partial charge in [-0.25, -0.2) is 0 Å². The molecule has 1 unspecified atom stereocenters. The second-order valence-electron chi connectivity index (χ2n) is 2.90. The van der Waals surface area contributed by atoms with Crippen molar-refractivity contribution in [3.05, 3.63) is 0 Å². The average molecular weight is 226 g/mol. The van der Waals surface area contributed by atoms with Crippen molar-refractivity contribution in [2.45, 2.75) is 24.5 Å². The predicted octanol–water partition coefficient (Wildman–Crippen LogP) is -0.418. The molecule has 0 aromatic carbocycles. The lowest BCUT2D eigenvalue weighted by Gasteiger charge is -2.19. The van der Waals surface area contributed by atoms with Crippen molar-refractivity contribution < 1.29 is 32.8 Å². The fourth-order valence-electron chi connectivity index (χ4n) is 0.692. The second kappa shape index (κ2) is 3.93. The zero-order valence-corrected chi connectivity index (χ0v) is 8.11. The van der Waals surface area contributed by atoms with Crippen LogP contribution >= 0.6 is 0 Å². The van der Waals surface area contributed by atoms with Crippen molar-refractivity contribution in [2.75, 3.05) is 0 Å². The van der Waals surface area contributed by atoms with Gasteiger partial charge < -0.3 is 10.2 Å². The summed E-state index contributed by atoms with van der Waals surface area (Å²) >= 11 is 0. The Balaban J connectivity index is 4.95. The topological polar surface area (TPSA) is 129 Å². The standard InChI is InChI=1S/C6H10O7S/c1-6(5(9)10,14(11,12)13)3-2-4(7)8/h2-3H2,1H3,(H,7,8)(H,9,10)(H,11,12,13). The number of rotatable bonds is 5. The van der Waals surface area contributed by atoms with Gasteiger partial charge in [0.05, 0.1) is 0 Å². The summed E-state index contributed by atoms with van der Waals surface area (Å²) in [6.45, 7) is 0.758. The Morgan fingerprint density at radius 3 is 1.93 bits per heavy atom. The second-order valence-corrected chi connectivity index (χ2v) is 4.76. The van der Waals surface area contributed by atoms with Crippen molar-refractivity contribution in [1.82, 2.24) is 0 Å². The lowest BCUT2D eigenvalue weighted by molar-refractivity contribution is -0.141. The van der Waals surface area contributed by atoms with Crippen LogP contribution < -0.4 is 0 Å². The van der Waals surface area contributed by atoms with Crippen molar-refractivity contribution >= 4 is 22.1 Å². The molecule has 0 aromatic rings. The van der Waals surface area contributed by atoms with Crippen LogP contribution in [0.4, 0.5) is 0 Å². The molecule has 0 radical (unpaired) electrons. The van der Waals surface area contributed by atoms with E-state index in [0.29, 0.717) is 0 Å². The Hall–Kier alpha value is -1.15. The van der Waals surface area contributed by atoms with E-state index in [1.54, 1.807) is 0 Å². The van der Waals surface area contributed by atoms with Crippen LogP contribution in [-0.2, 0) is 19.7 Å². The van der Waals surface area contributed by atoms with Crippen LogP contribution in [0.1, 0.15) is 19.8 Å². The number of hydrogen-bond donors (Lipinski definition) is 3. The zero-order valence-electron chi connectivity index (χ0n) is 7.30. The minimum atomic E-state index is -4.82. The van der Waals surface area contributed by atoms with Gasteiger partial charge in [0, 0.05) is 6.42 Å². The summed E-state index contributed by atoms with van der Waals surface area (Å²) in [5.74, 6) is -3.11. The maximum Gasteiger partial charge on any atom is 0.327 e. The third kappa shape index (κ3) is 2.67. The molecule has 0 aromatic heterocycles.